The number of hydrogen-bond acceptors (Lipinski definition) is 4. The van der Waals surface area contributed by atoms with Crippen LogP contribution >= 0.6 is 0 Å². The number of piperazine rings is 1. The van der Waals surface area contributed by atoms with Crippen molar-refractivity contribution in [1.29, 1.82) is 0 Å². The molecule has 2 fully saturated rings. The van der Waals surface area contributed by atoms with Crippen LogP contribution in [0.5, 0.6) is 0 Å². The molecule has 2 aliphatic heterocycles. The Morgan fingerprint density at radius 3 is 2.36 bits per heavy atom. The van der Waals surface area contributed by atoms with Gasteiger partial charge in [-0.15, -0.1) is 0 Å². The van der Waals surface area contributed by atoms with E-state index in [0.29, 0.717) is 43.6 Å². The highest BCUT2D eigenvalue weighted by Gasteiger charge is 2.28. The molecule has 2 heterocycles. The van der Waals surface area contributed by atoms with Crippen LogP contribution in [0.3, 0.4) is 0 Å². The van der Waals surface area contributed by atoms with Gasteiger partial charge in [0.15, 0.2) is 0 Å². The molecule has 2 saturated heterocycles. The molecule has 0 aromatic heterocycles. The fourth-order valence-electron chi connectivity index (χ4n) is 4.41. The van der Waals surface area contributed by atoms with Crippen LogP contribution in [0.2, 0.25) is 0 Å². The number of methoxy groups -OCH3 is 1. The van der Waals surface area contributed by atoms with E-state index in [-0.39, 0.29) is 11.8 Å². The molecule has 0 N–H and O–H groups in total. The van der Waals surface area contributed by atoms with E-state index in [4.69, 9.17) is 4.74 Å². The Labute approximate surface area is 168 Å². The monoisotopic (exact) mass is 387 g/mol. The van der Waals surface area contributed by atoms with Gasteiger partial charge in [0.25, 0.3) is 5.91 Å². The van der Waals surface area contributed by atoms with Crippen LogP contribution in [0.1, 0.15) is 36.2 Å². The summed E-state index contributed by atoms with van der Waals surface area (Å²) in [6.45, 7) is 9.97. The third-order valence-electron chi connectivity index (χ3n) is 5.72. The third kappa shape index (κ3) is 5.32. The van der Waals surface area contributed by atoms with Gasteiger partial charge in [0, 0.05) is 51.9 Å². The molecule has 0 bridgehead atoms. The van der Waals surface area contributed by atoms with E-state index in [9.17, 15) is 9.59 Å². The van der Waals surface area contributed by atoms with Crippen LogP contribution in [0.25, 0.3) is 0 Å². The second kappa shape index (κ2) is 9.52. The van der Waals surface area contributed by atoms with E-state index < -0.39 is 0 Å². The molecule has 1 aromatic carbocycles. The van der Waals surface area contributed by atoms with Gasteiger partial charge >= 0.3 is 0 Å². The SMILES string of the molecule is COCc1cccc(C(=O)N2CCN(CC(=O)N3CC(C)CC(C)C3)CC2)c1. The topological polar surface area (TPSA) is 53.1 Å². The first-order valence-corrected chi connectivity index (χ1v) is 10.3. The van der Waals surface area contributed by atoms with E-state index in [1.54, 1.807) is 7.11 Å². The van der Waals surface area contributed by atoms with Crippen molar-refractivity contribution in [3.05, 3.63) is 35.4 Å². The largest absolute Gasteiger partial charge is 0.380 e. The smallest absolute Gasteiger partial charge is 0.253 e. The molecule has 6 nitrogen and oxygen atoms in total. The van der Waals surface area contributed by atoms with Crippen molar-refractivity contribution in [2.24, 2.45) is 11.8 Å². The summed E-state index contributed by atoms with van der Waals surface area (Å²) in [7, 11) is 1.65. The molecule has 154 valence electrons. The first kappa shape index (κ1) is 20.8. The van der Waals surface area contributed by atoms with Crippen molar-refractivity contribution in [2.75, 3.05) is 52.9 Å². The molecule has 2 aliphatic rings. The zero-order chi connectivity index (χ0) is 20.1. The van der Waals surface area contributed by atoms with Gasteiger partial charge in [-0.3, -0.25) is 14.5 Å². The number of amides is 2. The number of ether oxygens (including phenoxy) is 1. The maximum atomic E-state index is 12.8. The number of likely N-dealkylation sites (tertiary alicyclic amines) is 1. The number of benzene rings is 1. The summed E-state index contributed by atoms with van der Waals surface area (Å²) in [5, 5.41) is 0. The number of nitrogens with zero attached hydrogens (tertiary/aromatic N) is 3. The van der Waals surface area contributed by atoms with Crippen LogP contribution in [-0.4, -0.2) is 79.4 Å². The Hall–Kier alpha value is -1.92. The van der Waals surface area contributed by atoms with Crippen LogP contribution in [0, 0.1) is 11.8 Å². The van der Waals surface area contributed by atoms with Gasteiger partial charge in [-0.2, -0.15) is 0 Å². The van der Waals surface area contributed by atoms with Gasteiger partial charge in [0.1, 0.15) is 0 Å². The van der Waals surface area contributed by atoms with Crippen molar-refractivity contribution in [3.8, 4) is 0 Å². The Morgan fingerprint density at radius 1 is 1.04 bits per heavy atom. The fourth-order valence-corrected chi connectivity index (χ4v) is 4.41. The molecule has 0 spiro atoms. The molecule has 2 atom stereocenters. The Kier molecular flexibility index (Phi) is 7.08. The maximum Gasteiger partial charge on any atom is 0.253 e. The summed E-state index contributed by atoms with van der Waals surface area (Å²) in [4.78, 5) is 31.6. The lowest BCUT2D eigenvalue weighted by atomic mass is 9.92. The molecule has 0 saturated carbocycles. The van der Waals surface area contributed by atoms with Gasteiger partial charge in [-0.25, -0.2) is 0 Å². The Bertz CT molecular complexity index is 675. The lowest BCUT2D eigenvalue weighted by Gasteiger charge is -2.38. The number of rotatable bonds is 5. The minimum atomic E-state index is 0.0580. The molecular weight excluding hydrogens is 354 g/mol. The van der Waals surface area contributed by atoms with E-state index >= 15 is 0 Å². The van der Waals surface area contributed by atoms with E-state index in [0.717, 1.165) is 31.7 Å². The summed E-state index contributed by atoms with van der Waals surface area (Å²) in [5.74, 6) is 1.44. The summed E-state index contributed by atoms with van der Waals surface area (Å²) < 4.78 is 5.15. The van der Waals surface area contributed by atoms with Crippen LogP contribution < -0.4 is 0 Å². The Balaban J connectivity index is 1.49. The van der Waals surface area contributed by atoms with Crippen molar-refractivity contribution < 1.29 is 14.3 Å². The van der Waals surface area contributed by atoms with Gasteiger partial charge in [-0.05, 0) is 36.0 Å². The number of carbonyl (C=O) groups is 2. The van der Waals surface area contributed by atoms with E-state index in [2.05, 4.69) is 18.7 Å². The van der Waals surface area contributed by atoms with Gasteiger partial charge < -0.3 is 14.5 Å². The minimum Gasteiger partial charge on any atom is -0.380 e. The molecule has 0 radical (unpaired) electrons. The van der Waals surface area contributed by atoms with Crippen LogP contribution in [0.4, 0.5) is 0 Å². The first-order valence-electron chi connectivity index (χ1n) is 10.3. The summed E-state index contributed by atoms with van der Waals surface area (Å²) in [6, 6.07) is 7.62. The second-order valence-electron chi connectivity index (χ2n) is 8.45. The highest BCUT2D eigenvalue weighted by atomic mass is 16.5. The van der Waals surface area contributed by atoms with Crippen molar-refractivity contribution in [2.45, 2.75) is 26.9 Å². The maximum absolute atomic E-state index is 12.8. The molecule has 6 heteroatoms. The average Bonchev–Trinajstić information content (AvgIpc) is 2.68. The number of carbonyl (C=O) groups excluding carboxylic acids is 2. The zero-order valence-electron chi connectivity index (χ0n) is 17.4. The molecule has 2 unspecified atom stereocenters. The second-order valence-corrected chi connectivity index (χ2v) is 8.45. The molecular formula is C22H33N3O3. The molecule has 1 aromatic rings. The Morgan fingerprint density at radius 2 is 1.71 bits per heavy atom. The predicted octanol–water partition coefficient (Wildman–Crippen LogP) is 2.10. The van der Waals surface area contributed by atoms with E-state index in [1.807, 2.05) is 34.1 Å². The standard InChI is InChI=1S/C22H33N3O3/c1-17-11-18(2)14-25(13-17)21(26)15-23-7-9-24(10-8-23)22(27)20-6-4-5-19(12-20)16-28-3/h4-6,12,17-18H,7-11,13-16H2,1-3H3. The predicted molar refractivity (Wildman–Crippen MR) is 109 cm³/mol. The normalized spacial score (nSPS) is 23.7. The average molecular weight is 388 g/mol. The minimum absolute atomic E-state index is 0.0580. The van der Waals surface area contributed by atoms with Crippen molar-refractivity contribution in [3.63, 3.8) is 0 Å². The lowest BCUT2D eigenvalue weighted by molar-refractivity contribution is -0.135. The third-order valence-corrected chi connectivity index (χ3v) is 5.72. The van der Waals surface area contributed by atoms with Gasteiger partial charge in [-0.1, -0.05) is 26.0 Å². The summed E-state index contributed by atoms with van der Waals surface area (Å²) in [5.41, 5.74) is 1.71. The number of piperidine rings is 1. The van der Waals surface area contributed by atoms with E-state index in [1.165, 1.54) is 6.42 Å². The molecule has 0 aliphatic carbocycles. The fraction of sp³-hybridized carbons (Fsp3) is 0.636. The lowest BCUT2D eigenvalue weighted by Crippen LogP contribution is -2.53. The van der Waals surface area contributed by atoms with Gasteiger partial charge in [0.2, 0.25) is 5.91 Å². The number of hydrogen-bond donors (Lipinski definition) is 0. The summed E-state index contributed by atoms with van der Waals surface area (Å²) >= 11 is 0. The highest BCUT2D eigenvalue weighted by Crippen LogP contribution is 2.21. The van der Waals surface area contributed by atoms with Crippen molar-refractivity contribution >= 4 is 11.8 Å². The highest BCUT2D eigenvalue weighted by molar-refractivity contribution is 5.94. The first-order chi connectivity index (χ1) is 13.5. The quantitative estimate of drug-likeness (QED) is 0.776. The zero-order valence-corrected chi connectivity index (χ0v) is 17.4. The van der Waals surface area contributed by atoms with Crippen LogP contribution in [-0.2, 0) is 16.1 Å². The molecule has 28 heavy (non-hydrogen) atoms. The molecule has 2 amide bonds. The van der Waals surface area contributed by atoms with Crippen molar-refractivity contribution in [1.82, 2.24) is 14.7 Å². The summed E-state index contributed by atoms with van der Waals surface area (Å²) in [6.07, 6.45) is 1.20. The molecule has 3 rings (SSSR count). The van der Waals surface area contributed by atoms with Crippen LogP contribution in [0.15, 0.2) is 24.3 Å². The van der Waals surface area contributed by atoms with Gasteiger partial charge in [0.05, 0.1) is 13.2 Å².